The zero-order chi connectivity index (χ0) is 24.1. The van der Waals surface area contributed by atoms with Gasteiger partial charge in [0.2, 0.25) is 0 Å². The van der Waals surface area contributed by atoms with Crippen molar-refractivity contribution in [3.8, 4) is 0 Å². The summed E-state index contributed by atoms with van der Waals surface area (Å²) in [5.74, 6) is -2.24. The summed E-state index contributed by atoms with van der Waals surface area (Å²) in [5, 5.41) is 13.5. The van der Waals surface area contributed by atoms with Crippen molar-refractivity contribution < 1.29 is 23.7 Å². The summed E-state index contributed by atoms with van der Waals surface area (Å²) >= 11 is 0. The number of nitrogens with one attached hydrogen (secondary N) is 1. The number of aromatic nitrogens is 1. The van der Waals surface area contributed by atoms with Crippen LogP contribution in [0.4, 0.5) is 17.1 Å². The van der Waals surface area contributed by atoms with Crippen LogP contribution in [0.3, 0.4) is 0 Å². The molecule has 174 valence electrons. The molecule has 3 aromatic rings. The van der Waals surface area contributed by atoms with Crippen LogP contribution in [-0.4, -0.2) is 40.6 Å². The molecule has 1 aromatic heterocycles. The molecule has 1 N–H and O–H groups in total. The van der Waals surface area contributed by atoms with Crippen LogP contribution < -0.4 is 16.0 Å². The van der Waals surface area contributed by atoms with Crippen LogP contribution >= 0.6 is 0 Å². The number of ether oxygens (including phenoxy) is 1. The van der Waals surface area contributed by atoms with Gasteiger partial charge in [0, 0.05) is 30.0 Å². The maximum Gasteiger partial charge on any atom is 0.420 e. The van der Waals surface area contributed by atoms with Crippen molar-refractivity contribution in [2.75, 3.05) is 23.4 Å². The molecule has 1 heterocycles. The molecule has 11 heteroatoms. The highest BCUT2D eigenvalue weighted by atomic mass is 16.6. The second-order valence-corrected chi connectivity index (χ2v) is 7.50. The molecule has 3 rings (SSSR count). The molecule has 33 heavy (non-hydrogen) atoms. The third-order valence-electron chi connectivity index (χ3n) is 4.96. The molecule has 0 atom stereocenters. The Hall–Kier alpha value is -4.15. The highest BCUT2D eigenvalue weighted by Gasteiger charge is 2.17. The zero-order valence-electron chi connectivity index (χ0n) is 18.4. The number of hydrogen-bond acceptors (Lipinski definition) is 8. The summed E-state index contributed by atoms with van der Waals surface area (Å²) in [4.78, 5) is 48.7. The van der Waals surface area contributed by atoms with E-state index < -0.39 is 35.7 Å². The topological polar surface area (TPSA) is 137 Å². The van der Waals surface area contributed by atoms with Crippen LogP contribution in [0.15, 0.2) is 51.7 Å². The Morgan fingerprint density at radius 1 is 1.21 bits per heavy atom. The number of fused-ring (bicyclic) bond motifs is 1. The minimum absolute atomic E-state index is 0.0257. The number of benzene rings is 2. The van der Waals surface area contributed by atoms with Crippen LogP contribution in [-0.2, 0) is 20.9 Å². The zero-order valence-corrected chi connectivity index (χ0v) is 18.4. The summed E-state index contributed by atoms with van der Waals surface area (Å²) < 4.78 is 10.9. The Labute approximate surface area is 188 Å². The van der Waals surface area contributed by atoms with Gasteiger partial charge in [-0.25, -0.2) is 4.79 Å². The summed E-state index contributed by atoms with van der Waals surface area (Å²) in [6, 6.07) is 11.2. The van der Waals surface area contributed by atoms with Crippen molar-refractivity contribution in [3.05, 3.63) is 63.1 Å². The van der Waals surface area contributed by atoms with Crippen LogP contribution in [0.5, 0.6) is 0 Å². The van der Waals surface area contributed by atoms with Gasteiger partial charge >= 0.3 is 11.7 Å². The maximum absolute atomic E-state index is 12.1. The third kappa shape index (κ3) is 5.56. The number of nitro benzene ring substituents is 1. The van der Waals surface area contributed by atoms with Gasteiger partial charge in [-0.3, -0.25) is 24.3 Å². The summed E-state index contributed by atoms with van der Waals surface area (Å²) in [5.41, 5.74) is 1.51. The summed E-state index contributed by atoms with van der Waals surface area (Å²) in [7, 11) is 0. The van der Waals surface area contributed by atoms with Gasteiger partial charge < -0.3 is 19.4 Å². The lowest BCUT2D eigenvalue weighted by molar-refractivity contribution is -0.384. The summed E-state index contributed by atoms with van der Waals surface area (Å²) in [6.45, 7) is 6.06. The van der Waals surface area contributed by atoms with Gasteiger partial charge in [-0.05, 0) is 51.1 Å². The van der Waals surface area contributed by atoms with Crippen molar-refractivity contribution in [2.24, 2.45) is 0 Å². The average molecular weight is 456 g/mol. The number of rotatable bonds is 9. The van der Waals surface area contributed by atoms with Gasteiger partial charge in [0.05, 0.1) is 16.5 Å². The Bertz CT molecular complexity index is 1230. The van der Waals surface area contributed by atoms with Crippen molar-refractivity contribution in [1.82, 2.24) is 4.57 Å². The minimum atomic E-state index is -0.866. The largest absolute Gasteiger partial charge is 0.454 e. The highest BCUT2D eigenvalue weighted by molar-refractivity contribution is 5.93. The fourth-order valence-corrected chi connectivity index (χ4v) is 3.42. The lowest BCUT2D eigenvalue weighted by Crippen LogP contribution is -2.30. The molecular weight excluding hydrogens is 432 g/mol. The second-order valence-electron chi connectivity index (χ2n) is 7.50. The fraction of sp³-hybridized carbons (Fsp3) is 0.318. The van der Waals surface area contributed by atoms with Crippen LogP contribution in [0, 0.1) is 10.1 Å². The van der Waals surface area contributed by atoms with Gasteiger partial charge in [0.25, 0.3) is 11.6 Å². The number of oxazole rings is 1. The number of esters is 1. The van der Waals surface area contributed by atoms with Crippen LogP contribution in [0.25, 0.3) is 11.1 Å². The molecular formula is C22H24N4O7. The Morgan fingerprint density at radius 2 is 1.91 bits per heavy atom. The fourth-order valence-electron chi connectivity index (χ4n) is 3.42. The van der Waals surface area contributed by atoms with Crippen molar-refractivity contribution in [1.29, 1.82) is 0 Å². The Balaban J connectivity index is 1.57. The number of nitro groups is 1. The molecule has 0 fully saturated rings. The van der Waals surface area contributed by atoms with Gasteiger partial charge in [0.15, 0.2) is 12.2 Å². The van der Waals surface area contributed by atoms with Gasteiger partial charge in [-0.15, -0.1) is 0 Å². The maximum atomic E-state index is 12.1. The number of hydrogen-bond donors (Lipinski definition) is 1. The van der Waals surface area contributed by atoms with Gasteiger partial charge in [0.1, 0.15) is 6.54 Å². The number of nitrogens with zero attached hydrogens (tertiary/aromatic N) is 3. The smallest absolute Gasteiger partial charge is 0.420 e. The number of anilines is 2. The quantitative estimate of drug-likeness (QED) is 0.295. The molecule has 11 nitrogen and oxygen atoms in total. The third-order valence-corrected chi connectivity index (χ3v) is 4.96. The molecule has 1 amide bonds. The van der Waals surface area contributed by atoms with Gasteiger partial charge in [-0.1, -0.05) is 0 Å². The molecule has 2 aromatic carbocycles. The van der Waals surface area contributed by atoms with E-state index in [4.69, 9.17) is 9.15 Å². The SMILES string of the molecule is CCN(c1ccc(NC(=O)COC(=O)Cn2c(=O)oc3cc([N+](=O)[O-])ccc32)cc1)C(C)C. The minimum Gasteiger partial charge on any atom is -0.454 e. The number of non-ortho nitro benzene ring substituents is 1. The first kappa shape index (κ1) is 23.5. The normalized spacial score (nSPS) is 10.9. The molecule has 0 bridgehead atoms. The molecule has 0 spiro atoms. The van der Waals surface area contributed by atoms with E-state index in [-0.39, 0.29) is 16.8 Å². The van der Waals surface area contributed by atoms with Crippen LogP contribution in [0.1, 0.15) is 20.8 Å². The van der Waals surface area contributed by atoms with E-state index in [1.54, 1.807) is 12.1 Å². The highest BCUT2D eigenvalue weighted by Crippen LogP contribution is 2.21. The number of carbonyl (C=O) groups excluding carboxylic acids is 2. The van der Waals surface area contributed by atoms with Crippen molar-refractivity contribution in [3.63, 3.8) is 0 Å². The molecule has 0 saturated carbocycles. The first-order chi connectivity index (χ1) is 15.7. The molecule has 0 saturated heterocycles. The predicted molar refractivity (Wildman–Crippen MR) is 121 cm³/mol. The lowest BCUT2D eigenvalue weighted by Gasteiger charge is -2.27. The monoisotopic (exact) mass is 456 g/mol. The van der Waals surface area contributed by atoms with E-state index in [1.165, 1.54) is 12.1 Å². The predicted octanol–water partition coefficient (Wildman–Crippen LogP) is 2.92. The van der Waals surface area contributed by atoms with E-state index in [0.29, 0.717) is 11.7 Å². The molecule has 0 aliphatic rings. The molecule has 0 radical (unpaired) electrons. The first-order valence-corrected chi connectivity index (χ1v) is 10.3. The van der Waals surface area contributed by atoms with E-state index >= 15 is 0 Å². The van der Waals surface area contributed by atoms with E-state index in [9.17, 15) is 24.5 Å². The van der Waals surface area contributed by atoms with Crippen molar-refractivity contribution >= 4 is 40.0 Å². The molecule has 0 aliphatic carbocycles. The summed E-state index contributed by atoms with van der Waals surface area (Å²) in [6.07, 6.45) is 0. The standard InChI is InChI=1S/C22H24N4O7/c1-4-24(14(2)3)16-7-5-15(6-8-16)23-20(27)13-32-21(28)12-25-18-10-9-17(26(30)31)11-19(18)33-22(25)29/h5-11,14H,4,12-13H2,1-3H3,(H,23,27). The second kappa shape index (κ2) is 9.98. The number of amides is 1. The van der Waals surface area contributed by atoms with Crippen LogP contribution in [0.2, 0.25) is 0 Å². The Kier molecular flexibility index (Phi) is 7.11. The van der Waals surface area contributed by atoms with E-state index in [0.717, 1.165) is 22.9 Å². The molecule has 0 aliphatic heterocycles. The first-order valence-electron chi connectivity index (χ1n) is 10.3. The van der Waals surface area contributed by atoms with Gasteiger partial charge in [-0.2, -0.15) is 0 Å². The average Bonchev–Trinajstić information content (AvgIpc) is 3.08. The number of carbonyl (C=O) groups is 2. The molecule has 0 unspecified atom stereocenters. The lowest BCUT2D eigenvalue weighted by atomic mass is 10.2. The van der Waals surface area contributed by atoms with E-state index in [2.05, 4.69) is 31.0 Å². The Morgan fingerprint density at radius 3 is 2.52 bits per heavy atom. The van der Waals surface area contributed by atoms with Crippen molar-refractivity contribution in [2.45, 2.75) is 33.4 Å². The van der Waals surface area contributed by atoms with E-state index in [1.807, 2.05) is 12.1 Å².